The van der Waals surface area contributed by atoms with Crippen molar-refractivity contribution in [1.29, 1.82) is 0 Å². The summed E-state index contributed by atoms with van der Waals surface area (Å²) in [6.07, 6.45) is 2.45. The summed E-state index contributed by atoms with van der Waals surface area (Å²) in [5.41, 5.74) is 1.51. The quantitative estimate of drug-likeness (QED) is 0.276. The van der Waals surface area contributed by atoms with Crippen molar-refractivity contribution in [3.8, 4) is 11.5 Å². The van der Waals surface area contributed by atoms with Gasteiger partial charge in [0.1, 0.15) is 0 Å². The van der Waals surface area contributed by atoms with E-state index < -0.39 is 10.9 Å². The number of nitrogens with zero attached hydrogens (tertiary/aromatic N) is 2. The molecule has 30 heavy (non-hydrogen) atoms. The molecular formula is C22H22N2O6. The molecule has 3 rings (SSSR count). The molecule has 8 heteroatoms. The standard InChI is InChI=1S/C22H22N2O6/c1-4-11-29-19-10-9-15(13-20(19)28-5-2)12-17-22(25)30-21(23-17)16-7-6-8-18(14(16)3)24(26)27/h6-10,12-13H,4-5,11H2,1-3H3/b17-12-. The van der Waals surface area contributed by atoms with Gasteiger partial charge in [-0.25, -0.2) is 9.79 Å². The van der Waals surface area contributed by atoms with Crippen LogP contribution in [0.1, 0.15) is 37.0 Å². The molecule has 1 aliphatic rings. The summed E-state index contributed by atoms with van der Waals surface area (Å²) in [5.74, 6) is 0.622. The molecule has 0 fully saturated rings. The van der Waals surface area contributed by atoms with Gasteiger partial charge in [0, 0.05) is 17.2 Å². The molecule has 1 heterocycles. The van der Waals surface area contributed by atoms with E-state index in [0.29, 0.717) is 41.4 Å². The number of benzene rings is 2. The van der Waals surface area contributed by atoms with E-state index in [2.05, 4.69) is 4.99 Å². The number of rotatable bonds is 8. The van der Waals surface area contributed by atoms with Crippen LogP contribution in [0.4, 0.5) is 5.69 Å². The third-order valence-corrected chi connectivity index (χ3v) is 4.39. The third kappa shape index (κ3) is 4.48. The largest absolute Gasteiger partial charge is 0.490 e. The molecule has 0 aromatic heterocycles. The summed E-state index contributed by atoms with van der Waals surface area (Å²) in [5, 5.41) is 11.2. The van der Waals surface area contributed by atoms with Gasteiger partial charge in [-0.05, 0) is 50.1 Å². The number of esters is 1. The highest BCUT2D eigenvalue weighted by Crippen LogP contribution is 2.31. The number of nitro groups is 1. The van der Waals surface area contributed by atoms with E-state index in [1.807, 2.05) is 13.8 Å². The number of nitro benzene ring substituents is 1. The Balaban J connectivity index is 1.94. The lowest BCUT2D eigenvalue weighted by Gasteiger charge is -2.12. The number of ether oxygens (including phenoxy) is 3. The Morgan fingerprint density at radius 3 is 2.67 bits per heavy atom. The van der Waals surface area contributed by atoms with Crippen LogP contribution in [0.25, 0.3) is 6.08 Å². The van der Waals surface area contributed by atoms with E-state index >= 15 is 0 Å². The van der Waals surface area contributed by atoms with Crippen molar-refractivity contribution in [2.75, 3.05) is 13.2 Å². The van der Waals surface area contributed by atoms with Crippen LogP contribution < -0.4 is 9.47 Å². The van der Waals surface area contributed by atoms with Crippen molar-refractivity contribution in [2.45, 2.75) is 27.2 Å². The van der Waals surface area contributed by atoms with E-state index in [9.17, 15) is 14.9 Å². The maximum absolute atomic E-state index is 12.3. The van der Waals surface area contributed by atoms with Gasteiger partial charge in [-0.1, -0.05) is 19.1 Å². The molecule has 0 amide bonds. The van der Waals surface area contributed by atoms with Crippen LogP contribution in [-0.4, -0.2) is 30.0 Å². The second kappa shape index (κ2) is 9.21. The Labute approximate surface area is 173 Å². The number of carbonyl (C=O) groups is 1. The molecule has 0 saturated carbocycles. The van der Waals surface area contributed by atoms with E-state index in [1.54, 1.807) is 37.3 Å². The van der Waals surface area contributed by atoms with Crippen LogP contribution in [0.3, 0.4) is 0 Å². The predicted octanol–water partition coefficient (Wildman–Crippen LogP) is 4.44. The molecule has 0 bridgehead atoms. The van der Waals surface area contributed by atoms with Gasteiger partial charge in [0.2, 0.25) is 5.90 Å². The van der Waals surface area contributed by atoms with Crippen molar-refractivity contribution in [3.63, 3.8) is 0 Å². The molecule has 0 N–H and O–H groups in total. The summed E-state index contributed by atoms with van der Waals surface area (Å²) >= 11 is 0. The fourth-order valence-electron chi connectivity index (χ4n) is 2.95. The normalized spacial score (nSPS) is 14.4. The first kappa shape index (κ1) is 21.0. The minimum absolute atomic E-state index is 0.0420. The van der Waals surface area contributed by atoms with Gasteiger partial charge >= 0.3 is 5.97 Å². The molecule has 0 aliphatic carbocycles. The SMILES string of the molecule is CCCOc1ccc(/C=C2\N=C(c3cccc([N+](=O)[O-])c3C)OC2=O)cc1OCC. The van der Waals surface area contributed by atoms with Gasteiger partial charge in [-0.2, -0.15) is 0 Å². The first-order chi connectivity index (χ1) is 14.4. The first-order valence-corrected chi connectivity index (χ1v) is 9.61. The van der Waals surface area contributed by atoms with E-state index in [4.69, 9.17) is 14.2 Å². The molecule has 0 saturated heterocycles. The van der Waals surface area contributed by atoms with Crippen molar-refractivity contribution >= 4 is 23.6 Å². The molecule has 156 valence electrons. The molecule has 0 spiro atoms. The maximum Gasteiger partial charge on any atom is 0.363 e. The average molecular weight is 410 g/mol. The summed E-state index contributed by atoms with van der Waals surface area (Å²) in [7, 11) is 0. The van der Waals surface area contributed by atoms with E-state index in [0.717, 1.165) is 6.42 Å². The second-order valence-electron chi connectivity index (χ2n) is 6.53. The van der Waals surface area contributed by atoms with E-state index in [-0.39, 0.29) is 17.3 Å². The molecular weight excluding hydrogens is 388 g/mol. The average Bonchev–Trinajstić information content (AvgIpc) is 3.07. The van der Waals surface area contributed by atoms with Crippen LogP contribution in [0.2, 0.25) is 0 Å². The Morgan fingerprint density at radius 1 is 1.17 bits per heavy atom. The molecule has 1 aliphatic heterocycles. The van der Waals surface area contributed by atoms with Crippen molar-refractivity contribution in [1.82, 2.24) is 0 Å². The van der Waals surface area contributed by atoms with Gasteiger partial charge in [0.15, 0.2) is 17.2 Å². The third-order valence-electron chi connectivity index (χ3n) is 4.39. The predicted molar refractivity (Wildman–Crippen MR) is 112 cm³/mol. The Hall–Kier alpha value is -3.68. The Bertz CT molecular complexity index is 1040. The van der Waals surface area contributed by atoms with Gasteiger partial charge < -0.3 is 14.2 Å². The van der Waals surface area contributed by atoms with Crippen molar-refractivity contribution in [2.24, 2.45) is 4.99 Å². The number of aliphatic imine (C=N–C) groups is 1. The van der Waals surface area contributed by atoms with Crippen LogP contribution in [-0.2, 0) is 9.53 Å². The van der Waals surface area contributed by atoms with E-state index in [1.165, 1.54) is 12.1 Å². The number of hydrogen-bond donors (Lipinski definition) is 0. The smallest absolute Gasteiger partial charge is 0.363 e. The first-order valence-electron chi connectivity index (χ1n) is 9.61. The zero-order valence-electron chi connectivity index (χ0n) is 17.0. The molecule has 0 atom stereocenters. The van der Waals surface area contributed by atoms with Crippen LogP contribution in [0, 0.1) is 17.0 Å². The molecule has 0 radical (unpaired) electrons. The van der Waals surface area contributed by atoms with Crippen molar-refractivity contribution < 1.29 is 23.9 Å². The fraction of sp³-hybridized carbons (Fsp3) is 0.273. The fourth-order valence-corrected chi connectivity index (χ4v) is 2.95. The molecule has 0 unspecified atom stereocenters. The maximum atomic E-state index is 12.3. The number of carbonyl (C=O) groups excluding carboxylic acids is 1. The lowest BCUT2D eigenvalue weighted by molar-refractivity contribution is -0.385. The highest BCUT2D eigenvalue weighted by Gasteiger charge is 2.27. The zero-order valence-corrected chi connectivity index (χ0v) is 17.0. The van der Waals surface area contributed by atoms with Crippen LogP contribution in [0.15, 0.2) is 47.1 Å². The molecule has 2 aromatic rings. The summed E-state index contributed by atoms with van der Waals surface area (Å²) < 4.78 is 16.6. The monoisotopic (exact) mass is 410 g/mol. The lowest BCUT2D eigenvalue weighted by Crippen LogP contribution is -2.08. The minimum Gasteiger partial charge on any atom is -0.490 e. The highest BCUT2D eigenvalue weighted by atomic mass is 16.6. The molecule has 2 aromatic carbocycles. The highest BCUT2D eigenvalue weighted by molar-refractivity contribution is 6.13. The summed E-state index contributed by atoms with van der Waals surface area (Å²) in [6, 6.07) is 9.89. The summed E-state index contributed by atoms with van der Waals surface area (Å²) in [4.78, 5) is 27.3. The van der Waals surface area contributed by atoms with Gasteiger partial charge in [0.25, 0.3) is 5.69 Å². The summed E-state index contributed by atoms with van der Waals surface area (Å²) in [6.45, 7) is 6.53. The van der Waals surface area contributed by atoms with Gasteiger partial charge in [-0.15, -0.1) is 0 Å². The topological polar surface area (TPSA) is 100 Å². The van der Waals surface area contributed by atoms with Gasteiger partial charge in [0.05, 0.1) is 18.1 Å². The Morgan fingerprint density at radius 2 is 1.97 bits per heavy atom. The van der Waals surface area contributed by atoms with Crippen LogP contribution >= 0.6 is 0 Å². The molecule has 8 nitrogen and oxygen atoms in total. The van der Waals surface area contributed by atoms with Crippen LogP contribution in [0.5, 0.6) is 11.5 Å². The minimum atomic E-state index is -0.625. The zero-order chi connectivity index (χ0) is 21.7. The van der Waals surface area contributed by atoms with Crippen molar-refractivity contribution in [3.05, 3.63) is 68.9 Å². The second-order valence-corrected chi connectivity index (χ2v) is 6.53. The number of cyclic esters (lactones) is 1. The lowest BCUT2D eigenvalue weighted by atomic mass is 10.1. The Kier molecular flexibility index (Phi) is 6.46. The van der Waals surface area contributed by atoms with Gasteiger partial charge in [-0.3, -0.25) is 10.1 Å². The number of hydrogen-bond acceptors (Lipinski definition) is 7.